The van der Waals surface area contributed by atoms with E-state index in [1.165, 1.54) is 0 Å². The van der Waals surface area contributed by atoms with Crippen LogP contribution in [0, 0.1) is 0 Å². The molecule has 0 bridgehead atoms. The molecule has 0 radical (unpaired) electrons. The molecule has 0 heterocycles. The Bertz CT molecular complexity index is 719. The van der Waals surface area contributed by atoms with E-state index in [4.69, 9.17) is 11.6 Å². The lowest BCUT2D eigenvalue weighted by Crippen LogP contribution is -2.22. The summed E-state index contributed by atoms with van der Waals surface area (Å²) in [6.07, 6.45) is 0. The highest BCUT2D eigenvalue weighted by Crippen LogP contribution is 2.22. The lowest BCUT2D eigenvalue weighted by molar-refractivity contribution is 0.0954. The Labute approximate surface area is 142 Å². The predicted octanol–water partition coefficient (Wildman–Crippen LogP) is 4.10. The smallest absolute Gasteiger partial charge is 0.257 e. The Hall–Kier alpha value is -1.85. The molecule has 4 nitrogen and oxygen atoms in total. The first-order valence-corrected chi connectivity index (χ1v) is 7.83. The zero-order valence-corrected chi connectivity index (χ0v) is 14.2. The Morgan fingerprint density at radius 1 is 1.14 bits per heavy atom. The van der Waals surface area contributed by atoms with Crippen LogP contribution in [-0.2, 0) is 0 Å². The van der Waals surface area contributed by atoms with Crippen LogP contribution in [0.25, 0.3) is 0 Å². The van der Waals surface area contributed by atoms with Gasteiger partial charge < -0.3 is 10.6 Å². The highest BCUT2D eigenvalue weighted by atomic mass is 79.9. The summed E-state index contributed by atoms with van der Waals surface area (Å²) >= 11 is 9.34. The van der Waals surface area contributed by atoms with Gasteiger partial charge in [0.05, 0.1) is 10.6 Å². The normalized spacial score (nSPS) is 10.1. The van der Waals surface area contributed by atoms with Crippen molar-refractivity contribution in [2.75, 3.05) is 11.9 Å². The van der Waals surface area contributed by atoms with Gasteiger partial charge in [-0.25, -0.2) is 0 Å². The molecule has 0 fully saturated rings. The number of hydrogen-bond acceptors (Lipinski definition) is 2. The van der Waals surface area contributed by atoms with Crippen molar-refractivity contribution in [3.8, 4) is 0 Å². The number of amides is 2. The van der Waals surface area contributed by atoms with Crippen molar-refractivity contribution >= 4 is 45.0 Å². The number of nitrogens with one attached hydrogen (secondary N) is 2. The van der Waals surface area contributed by atoms with E-state index in [0.29, 0.717) is 28.4 Å². The molecular formula is C16H14BrClN2O2. The standard InChI is InChI=1S/C16H14BrClN2O2/c1-2-19-15(21)10-4-3-5-12(8-10)20-16(22)13-9-11(17)6-7-14(13)18/h3-9H,2H2,1H3,(H,19,21)(H,20,22). The van der Waals surface area contributed by atoms with Crippen LogP contribution in [0.3, 0.4) is 0 Å². The second kappa shape index (κ2) is 7.42. The van der Waals surface area contributed by atoms with Gasteiger partial charge in [-0.15, -0.1) is 0 Å². The van der Waals surface area contributed by atoms with Gasteiger partial charge in [0, 0.05) is 22.3 Å². The molecule has 6 heteroatoms. The molecule has 0 aliphatic rings. The van der Waals surface area contributed by atoms with E-state index in [0.717, 1.165) is 4.47 Å². The number of hydrogen-bond donors (Lipinski definition) is 2. The fraction of sp³-hybridized carbons (Fsp3) is 0.125. The second-order valence-electron chi connectivity index (χ2n) is 4.52. The molecule has 2 aromatic rings. The van der Waals surface area contributed by atoms with Crippen molar-refractivity contribution < 1.29 is 9.59 Å². The summed E-state index contributed by atoms with van der Waals surface area (Å²) in [5.74, 6) is -0.515. The fourth-order valence-corrected chi connectivity index (χ4v) is 2.44. The Morgan fingerprint density at radius 3 is 2.64 bits per heavy atom. The van der Waals surface area contributed by atoms with Gasteiger partial charge in [0.2, 0.25) is 0 Å². The van der Waals surface area contributed by atoms with Crippen LogP contribution in [0.5, 0.6) is 0 Å². The molecule has 0 unspecified atom stereocenters. The van der Waals surface area contributed by atoms with Crippen LogP contribution in [0.4, 0.5) is 5.69 Å². The highest BCUT2D eigenvalue weighted by molar-refractivity contribution is 9.10. The molecule has 2 amide bonds. The predicted molar refractivity (Wildman–Crippen MR) is 91.6 cm³/mol. The zero-order valence-electron chi connectivity index (χ0n) is 11.8. The quantitative estimate of drug-likeness (QED) is 0.837. The van der Waals surface area contributed by atoms with E-state index >= 15 is 0 Å². The molecule has 2 rings (SSSR count). The molecule has 2 aromatic carbocycles. The number of rotatable bonds is 4. The van der Waals surface area contributed by atoms with Crippen molar-refractivity contribution in [2.45, 2.75) is 6.92 Å². The lowest BCUT2D eigenvalue weighted by atomic mass is 10.1. The van der Waals surface area contributed by atoms with Gasteiger partial charge >= 0.3 is 0 Å². The van der Waals surface area contributed by atoms with Gasteiger partial charge in [0.25, 0.3) is 11.8 Å². The summed E-state index contributed by atoms with van der Waals surface area (Å²) in [6, 6.07) is 11.8. The van der Waals surface area contributed by atoms with Crippen molar-refractivity contribution in [1.82, 2.24) is 5.32 Å². The summed E-state index contributed by atoms with van der Waals surface area (Å²) in [6.45, 7) is 2.39. The molecule has 0 aliphatic heterocycles. The van der Waals surface area contributed by atoms with E-state index in [1.807, 2.05) is 6.92 Å². The summed E-state index contributed by atoms with van der Waals surface area (Å²) in [4.78, 5) is 24.1. The number of carbonyl (C=O) groups is 2. The largest absolute Gasteiger partial charge is 0.352 e. The van der Waals surface area contributed by atoms with E-state index in [9.17, 15) is 9.59 Å². The zero-order chi connectivity index (χ0) is 16.1. The molecule has 0 spiro atoms. The first-order chi connectivity index (χ1) is 10.5. The average molecular weight is 382 g/mol. The topological polar surface area (TPSA) is 58.2 Å². The van der Waals surface area contributed by atoms with Gasteiger partial charge in [-0.2, -0.15) is 0 Å². The summed E-state index contributed by atoms with van der Waals surface area (Å²) in [7, 11) is 0. The Morgan fingerprint density at radius 2 is 1.91 bits per heavy atom. The van der Waals surface area contributed by atoms with E-state index in [-0.39, 0.29) is 11.8 Å². The molecule has 0 saturated heterocycles. The lowest BCUT2D eigenvalue weighted by Gasteiger charge is -2.09. The SMILES string of the molecule is CCNC(=O)c1cccc(NC(=O)c2cc(Br)ccc2Cl)c1. The van der Waals surface area contributed by atoms with Crippen LogP contribution in [0.1, 0.15) is 27.6 Å². The van der Waals surface area contributed by atoms with Crippen LogP contribution < -0.4 is 10.6 Å². The molecule has 0 aliphatic carbocycles. The van der Waals surface area contributed by atoms with Crippen LogP contribution in [0.2, 0.25) is 5.02 Å². The first-order valence-electron chi connectivity index (χ1n) is 6.66. The molecule has 114 valence electrons. The van der Waals surface area contributed by atoms with Crippen molar-refractivity contribution in [3.05, 3.63) is 63.1 Å². The molecule has 0 atom stereocenters. The van der Waals surface area contributed by atoms with E-state index in [1.54, 1.807) is 42.5 Å². The molecule has 22 heavy (non-hydrogen) atoms. The van der Waals surface area contributed by atoms with E-state index < -0.39 is 0 Å². The van der Waals surface area contributed by atoms with Gasteiger partial charge in [0.15, 0.2) is 0 Å². The molecule has 0 saturated carbocycles. The maximum Gasteiger partial charge on any atom is 0.257 e. The maximum atomic E-state index is 12.3. The van der Waals surface area contributed by atoms with E-state index in [2.05, 4.69) is 26.6 Å². The van der Waals surface area contributed by atoms with Gasteiger partial charge in [0.1, 0.15) is 0 Å². The number of carbonyl (C=O) groups excluding carboxylic acids is 2. The molecular weight excluding hydrogens is 368 g/mol. The third kappa shape index (κ3) is 4.08. The maximum absolute atomic E-state index is 12.3. The number of halogens is 2. The summed E-state index contributed by atoms with van der Waals surface area (Å²) in [5.41, 5.74) is 1.38. The van der Waals surface area contributed by atoms with Gasteiger partial charge in [-0.05, 0) is 43.3 Å². The second-order valence-corrected chi connectivity index (χ2v) is 5.84. The van der Waals surface area contributed by atoms with Crippen molar-refractivity contribution in [2.24, 2.45) is 0 Å². The van der Waals surface area contributed by atoms with Crippen LogP contribution >= 0.6 is 27.5 Å². The third-order valence-electron chi connectivity index (χ3n) is 2.89. The minimum Gasteiger partial charge on any atom is -0.352 e. The number of anilines is 1. The molecule has 0 aromatic heterocycles. The van der Waals surface area contributed by atoms with Gasteiger partial charge in [-0.1, -0.05) is 33.6 Å². The fourth-order valence-electron chi connectivity index (χ4n) is 1.87. The Kier molecular flexibility index (Phi) is 5.57. The highest BCUT2D eigenvalue weighted by Gasteiger charge is 2.12. The summed E-state index contributed by atoms with van der Waals surface area (Å²) < 4.78 is 0.762. The monoisotopic (exact) mass is 380 g/mol. The minimum absolute atomic E-state index is 0.181. The third-order valence-corrected chi connectivity index (χ3v) is 3.72. The van der Waals surface area contributed by atoms with Crippen LogP contribution in [-0.4, -0.2) is 18.4 Å². The average Bonchev–Trinajstić information content (AvgIpc) is 2.50. The minimum atomic E-state index is -0.334. The van der Waals surface area contributed by atoms with Crippen molar-refractivity contribution in [3.63, 3.8) is 0 Å². The van der Waals surface area contributed by atoms with Crippen molar-refractivity contribution in [1.29, 1.82) is 0 Å². The number of benzene rings is 2. The molecule has 2 N–H and O–H groups in total. The van der Waals surface area contributed by atoms with Gasteiger partial charge in [-0.3, -0.25) is 9.59 Å². The van der Waals surface area contributed by atoms with Crippen LogP contribution in [0.15, 0.2) is 46.9 Å². The summed E-state index contributed by atoms with van der Waals surface area (Å²) in [5, 5.41) is 5.81. The Balaban J connectivity index is 2.20. The first kappa shape index (κ1) is 16.5.